The van der Waals surface area contributed by atoms with Gasteiger partial charge in [0.05, 0.1) is 6.07 Å². The van der Waals surface area contributed by atoms with E-state index in [4.69, 9.17) is 5.53 Å². The average molecular weight is 263 g/mol. The molecule has 0 aromatic carbocycles. The topological polar surface area (TPSA) is 84.6 Å². The van der Waals surface area contributed by atoms with E-state index in [1.807, 2.05) is 0 Å². The molecule has 1 N–H and O–H groups in total. The lowest BCUT2D eigenvalue weighted by Crippen LogP contribution is -2.44. The third kappa shape index (κ3) is 5.50. The first kappa shape index (κ1) is 15.8. The van der Waals surface area contributed by atoms with E-state index in [0.717, 1.165) is 44.6 Å². The first-order valence-electron chi connectivity index (χ1n) is 7.43. The van der Waals surface area contributed by atoms with Gasteiger partial charge in [0.25, 0.3) is 0 Å². The molecule has 0 saturated heterocycles. The molecular formula is C14H25N5. The van der Waals surface area contributed by atoms with Gasteiger partial charge in [-0.05, 0) is 43.7 Å². The average Bonchev–Trinajstić information content (AvgIpc) is 2.63. The van der Waals surface area contributed by atoms with Crippen molar-refractivity contribution in [2.24, 2.45) is 11.0 Å². The Bertz CT molecular complexity index is 342. The zero-order valence-electron chi connectivity index (χ0n) is 11.9. The molecule has 1 rings (SSSR count). The molecule has 19 heavy (non-hydrogen) atoms. The quantitative estimate of drug-likeness (QED) is 0.248. The lowest BCUT2D eigenvalue weighted by atomic mass is 9.90. The van der Waals surface area contributed by atoms with Crippen LogP contribution in [-0.2, 0) is 0 Å². The van der Waals surface area contributed by atoms with Crippen molar-refractivity contribution in [3.63, 3.8) is 0 Å². The van der Waals surface area contributed by atoms with Crippen LogP contribution < -0.4 is 5.32 Å². The van der Waals surface area contributed by atoms with Gasteiger partial charge >= 0.3 is 0 Å². The third-order valence-electron chi connectivity index (χ3n) is 4.07. The summed E-state index contributed by atoms with van der Waals surface area (Å²) in [7, 11) is 0. The fraction of sp³-hybridized carbons (Fsp3) is 0.929. The number of nitriles is 1. The first-order valence-corrected chi connectivity index (χ1v) is 7.43. The van der Waals surface area contributed by atoms with E-state index < -0.39 is 0 Å². The fourth-order valence-corrected chi connectivity index (χ4v) is 2.96. The monoisotopic (exact) mass is 263 g/mol. The molecule has 1 fully saturated rings. The zero-order valence-corrected chi connectivity index (χ0v) is 11.9. The molecule has 5 nitrogen and oxygen atoms in total. The summed E-state index contributed by atoms with van der Waals surface area (Å²) in [6, 6.07) is 2.50. The molecule has 1 saturated carbocycles. The summed E-state index contributed by atoms with van der Waals surface area (Å²) in [6.07, 6.45) is 8.79. The molecule has 1 aliphatic carbocycles. The molecule has 1 aliphatic rings. The van der Waals surface area contributed by atoms with Gasteiger partial charge in [0.2, 0.25) is 0 Å². The predicted octanol–water partition coefficient (Wildman–Crippen LogP) is 3.92. The molecule has 0 radical (unpaired) electrons. The Morgan fingerprint density at radius 1 is 1.47 bits per heavy atom. The second-order valence-electron chi connectivity index (χ2n) is 5.51. The summed E-state index contributed by atoms with van der Waals surface area (Å²) < 4.78 is 0. The summed E-state index contributed by atoms with van der Waals surface area (Å²) >= 11 is 0. The molecule has 0 spiro atoms. The second-order valence-corrected chi connectivity index (χ2v) is 5.51. The molecule has 0 aliphatic heterocycles. The van der Waals surface area contributed by atoms with Crippen LogP contribution in [0.1, 0.15) is 58.3 Å². The summed E-state index contributed by atoms with van der Waals surface area (Å²) in [5.74, 6) is 0.796. The molecule has 2 atom stereocenters. The van der Waals surface area contributed by atoms with Crippen LogP contribution in [0.15, 0.2) is 5.11 Å². The number of rotatable bonds is 7. The number of hydrogen-bond acceptors (Lipinski definition) is 3. The SMILES string of the molecule is CCCC1CCCC(C#N)(NCCCN=[N+]=[N-])CC1. The number of hydrogen-bond donors (Lipinski definition) is 1. The van der Waals surface area contributed by atoms with Gasteiger partial charge in [-0.2, -0.15) is 5.26 Å². The van der Waals surface area contributed by atoms with Crippen LogP contribution in [0.3, 0.4) is 0 Å². The largest absolute Gasteiger partial charge is 0.299 e. The highest BCUT2D eigenvalue weighted by Crippen LogP contribution is 2.32. The summed E-state index contributed by atoms with van der Waals surface area (Å²) in [5, 5.41) is 16.4. The number of azide groups is 1. The van der Waals surface area contributed by atoms with Gasteiger partial charge < -0.3 is 0 Å². The van der Waals surface area contributed by atoms with Gasteiger partial charge in [-0.15, -0.1) is 0 Å². The van der Waals surface area contributed by atoms with E-state index in [1.54, 1.807) is 0 Å². The molecular weight excluding hydrogens is 238 g/mol. The van der Waals surface area contributed by atoms with Crippen molar-refractivity contribution >= 4 is 0 Å². The smallest absolute Gasteiger partial charge is 0.106 e. The fourth-order valence-electron chi connectivity index (χ4n) is 2.96. The van der Waals surface area contributed by atoms with Crippen molar-refractivity contribution in [2.75, 3.05) is 13.1 Å². The van der Waals surface area contributed by atoms with Crippen LogP contribution in [0.5, 0.6) is 0 Å². The summed E-state index contributed by atoms with van der Waals surface area (Å²) in [5.41, 5.74) is 7.87. The normalized spacial score (nSPS) is 27.1. The Balaban J connectivity index is 2.42. The van der Waals surface area contributed by atoms with E-state index in [1.165, 1.54) is 19.3 Å². The van der Waals surface area contributed by atoms with Crippen LogP contribution >= 0.6 is 0 Å². The zero-order chi connectivity index (χ0) is 14.0. The highest BCUT2D eigenvalue weighted by atomic mass is 15.1. The van der Waals surface area contributed by atoms with Gasteiger partial charge in [0.15, 0.2) is 0 Å². The molecule has 0 heterocycles. The van der Waals surface area contributed by atoms with Crippen molar-refractivity contribution in [3.05, 3.63) is 10.4 Å². The van der Waals surface area contributed by atoms with E-state index >= 15 is 0 Å². The predicted molar refractivity (Wildman–Crippen MR) is 76.5 cm³/mol. The Labute approximate surface area is 116 Å². The number of nitrogens with one attached hydrogen (secondary N) is 1. The van der Waals surface area contributed by atoms with Gasteiger partial charge in [-0.25, -0.2) is 0 Å². The lowest BCUT2D eigenvalue weighted by molar-refractivity contribution is 0.353. The minimum absolute atomic E-state index is 0.348. The Morgan fingerprint density at radius 3 is 3.00 bits per heavy atom. The molecule has 0 bridgehead atoms. The standard InChI is InChI=1S/C14H25N5/c1-2-5-13-6-3-8-14(12-15,9-7-13)17-10-4-11-18-19-16/h13,17H,2-11H2,1H3. The maximum Gasteiger partial charge on any atom is 0.106 e. The minimum atomic E-state index is -0.348. The van der Waals surface area contributed by atoms with Gasteiger partial charge in [0.1, 0.15) is 5.54 Å². The van der Waals surface area contributed by atoms with E-state index in [2.05, 4.69) is 28.3 Å². The molecule has 5 heteroatoms. The van der Waals surface area contributed by atoms with Gasteiger partial charge in [-0.3, -0.25) is 5.32 Å². The molecule has 2 unspecified atom stereocenters. The van der Waals surface area contributed by atoms with Crippen LogP contribution in [0, 0.1) is 17.2 Å². The number of nitrogens with zero attached hydrogens (tertiary/aromatic N) is 4. The highest BCUT2D eigenvalue weighted by Gasteiger charge is 2.32. The van der Waals surface area contributed by atoms with Crippen LogP contribution in [0.25, 0.3) is 10.4 Å². The Morgan fingerprint density at radius 2 is 2.32 bits per heavy atom. The molecule has 106 valence electrons. The highest BCUT2D eigenvalue weighted by molar-refractivity contribution is 5.08. The van der Waals surface area contributed by atoms with Crippen LogP contribution in [0.4, 0.5) is 0 Å². The Hall–Kier alpha value is -1.24. The second kappa shape index (κ2) is 8.79. The van der Waals surface area contributed by atoms with E-state index in [0.29, 0.717) is 6.54 Å². The molecule has 0 aromatic rings. The van der Waals surface area contributed by atoms with E-state index in [-0.39, 0.29) is 5.54 Å². The van der Waals surface area contributed by atoms with Gasteiger partial charge in [0, 0.05) is 11.5 Å². The van der Waals surface area contributed by atoms with Gasteiger partial charge in [-0.1, -0.05) is 37.7 Å². The maximum absolute atomic E-state index is 9.49. The van der Waals surface area contributed by atoms with E-state index in [9.17, 15) is 5.26 Å². The minimum Gasteiger partial charge on any atom is -0.299 e. The van der Waals surface area contributed by atoms with Crippen molar-refractivity contribution in [1.29, 1.82) is 5.26 Å². The molecule has 0 aromatic heterocycles. The summed E-state index contributed by atoms with van der Waals surface area (Å²) in [4.78, 5) is 2.74. The van der Waals surface area contributed by atoms with Crippen molar-refractivity contribution in [2.45, 2.75) is 63.8 Å². The first-order chi connectivity index (χ1) is 9.26. The van der Waals surface area contributed by atoms with Crippen molar-refractivity contribution in [3.8, 4) is 6.07 Å². The third-order valence-corrected chi connectivity index (χ3v) is 4.07. The Kier molecular flexibility index (Phi) is 7.32. The molecule has 0 amide bonds. The van der Waals surface area contributed by atoms with Crippen molar-refractivity contribution < 1.29 is 0 Å². The van der Waals surface area contributed by atoms with Crippen molar-refractivity contribution in [1.82, 2.24) is 5.32 Å². The van der Waals surface area contributed by atoms with Crippen LogP contribution in [0.2, 0.25) is 0 Å². The maximum atomic E-state index is 9.49. The summed E-state index contributed by atoms with van der Waals surface area (Å²) in [6.45, 7) is 3.49. The lowest BCUT2D eigenvalue weighted by Gasteiger charge is -2.26. The van der Waals surface area contributed by atoms with Crippen LogP contribution in [-0.4, -0.2) is 18.6 Å².